The second kappa shape index (κ2) is 7.47. The van der Waals surface area contributed by atoms with Crippen LogP contribution in [0.4, 0.5) is 5.69 Å². The molecule has 0 amide bonds. The summed E-state index contributed by atoms with van der Waals surface area (Å²) in [5.41, 5.74) is 2.58. The number of para-hydroxylation sites is 1. The molecule has 0 bridgehead atoms. The highest BCUT2D eigenvalue weighted by Crippen LogP contribution is 2.23. The van der Waals surface area contributed by atoms with E-state index in [1.807, 2.05) is 19.9 Å². The van der Waals surface area contributed by atoms with E-state index >= 15 is 0 Å². The van der Waals surface area contributed by atoms with Crippen LogP contribution in [0.1, 0.15) is 27.0 Å². The lowest BCUT2D eigenvalue weighted by Gasteiger charge is -2.12. The molecular weight excluding hydrogens is 382 g/mol. The number of sulfonamides is 1. The SMILES string of the molecule is Cc1cc2oc(=O)cc(COC(=O)c3ccccc3NS(C)(=O)=O)c2cc1C. The summed E-state index contributed by atoms with van der Waals surface area (Å²) < 4.78 is 35.8. The molecule has 3 aromatic rings. The van der Waals surface area contributed by atoms with Crippen LogP contribution in [-0.2, 0) is 21.4 Å². The van der Waals surface area contributed by atoms with Gasteiger partial charge in [-0.2, -0.15) is 0 Å². The standard InChI is InChI=1S/C20H19NO6S/c1-12-8-16-14(10-19(22)27-18(16)9-13(12)2)11-26-20(23)15-6-4-5-7-17(15)21-28(3,24)25/h4-10,21H,11H2,1-3H3. The number of nitrogens with one attached hydrogen (secondary N) is 1. The monoisotopic (exact) mass is 401 g/mol. The smallest absolute Gasteiger partial charge is 0.340 e. The summed E-state index contributed by atoms with van der Waals surface area (Å²) in [6.07, 6.45) is 0.995. The molecule has 0 fully saturated rings. The zero-order chi connectivity index (χ0) is 20.5. The number of hydrogen-bond acceptors (Lipinski definition) is 6. The molecule has 7 nitrogen and oxygen atoms in total. The van der Waals surface area contributed by atoms with Crippen LogP contribution < -0.4 is 10.3 Å². The van der Waals surface area contributed by atoms with Crippen LogP contribution in [0.2, 0.25) is 0 Å². The first kappa shape index (κ1) is 19.6. The molecular formula is C20H19NO6S. The van der Waals surface area contributed by atoms with Crippen molar-refractivity contribution in [3.63, 3.8) is 0 Å². The van der Waals surface area contributed by atoms with E-state index in [0.29, 0.717) is 16.5 Å². The zero-order valence-electron chi connectivity index (χ0n) is 15.6. The van der Waals surface area contributed by atoms with Crippen LogP contribution >= 0.6 is 0 Å². The lowest BCUT2D eigenvalue weighted by atomic mass is 10.0. The number of esters is 1. The van der Waals surface area contributed by atoms with Crippen LogP contribution in [0, 0.1) is 13.8 Å². The maximum atomic E-state index is 12.5. The fraction of sp³-hybridized carbons (Fsp3) is 0.200. The molecule has 0 unspecified atom stereocenters. The largest absolute Gasteiger partial charge is 0.457 e. The Bertz CT molecular complexity index is 1230. The third-order valence-electron chi connectivity index (χ3n) is 4.25. The topological polar surface area (TPSA) is 103 Å². The molecule has 1 N–H and O–H groups in total. The van der Waals surface area contributed by atoms with Gasteiger partial charge in [-0.1, -0.05) is 12.1 Å². The Kier molecular flexibility index (Phi) is 5.24. The van der Waals surface area contributed by atoms with Gasteiger partial charge in [-0.05, 0) is 49.2 Å². The average molecular weight is 401 g/mol. The normalized spacial score (nSPS) is 11.4. The minimum Gasteiger partial charge on any atom is -0.457 e. The number of carbonyl (C=O) groups is 1. The second-order valence-corrected chi connectivity index (χ2v) is 8.27. The van der Waals surface area contributed by atoms with Gasteiger partial charge < -0.3 is 9.15 Å². The lowest BCUT2D eigenvalue weighted by molar-refractivity contribution is 0.0475. The van der Waals surface area contributed by atoms with Crippen molar-refractivity contribution in [3.05, 3.63) is 75.1 Å². The fourth-order valence-electron chi connectivity index (χ4n) is 2.77. The summed E-state index contributed by atoms with van der Waals surface area (Å²) in [5, 5.41) is 0.679. The molecule has 1 heterocycles. The Hall–Kier alpha value is -3.13. The summed E-state index contributed by atoms with van der Waals surface area (Å²) in [5.74, 6) is -0.711. The van der Waals surface area contributed by atoms with E-state index in [9.17, 15) is 18.0 Å². The first-order chi connectivity index (χ1) is 13.1. The van der Waals surface area contributed by atoms with Gasteiger partial charge in [0.1, 0.15) is 12.2 Å². The van der Waals surface area contributed by atoms with Crippen LogP contribution in [0.15, 0.2) is 51.7 Å². The molecule has 0 spiro atoms. The van der Waals surface area contributed by atoms with Crippen LogP contribution in [0.5, 0.6) is 0 Å². The molecule has 1 aromatic heterocycles. The van der Waals surface area contributed by atoms with Crippen LogP contribution in [-0.4, -0.2) is 20.6 Å². The van der Waals surface area contributed by atoms with E-state index in [4.69, 9.17) is 9.15 Å². The van der Waals surface area contributed by atoms with Crippen molar-refractivity contribution in [2.75, 3.05) is 11.0 Å². The van der Waals surface area contributed by atoms with Crippen molar-refractivity contribution in [2.45, 2.75) is 20.5 Å². The Morgan fingerprint density at radius 3 is 2.50 bits per heavy atom. The second-order valence-electron chi connectivity index (χ2n) is 6.52. The third-order valence-corrected chi connectivity index (χ3v) is 4.84. The summed E-state index contributed by atoms with van der Waals surface area (Å²) in [6.45, 7) is 3.69. The van der Waals surface area contributed by atoms with Crippen LogP contribution in [0.3, 0.4) is 0 Å². The third kappa shape index (κ3) is 4.40. The quantitative estimate of drug-likeness (QED) is 0.520. The van der Waals surface area contributed by atoms with E-state index in [0.717, 1.165) is 17.4 Å². The predicted molar refractivity (Wildman–Crippen MR) is 106 cm³/mol. The molecule has 28 heavy (non-hydrogen) atoms. The minimum absolute atomic E-state index is 0.0761. The molecule has 0 atom stereocenters. The van der Waals surface area contributed by atoms with E-state index < -0.39 is 21.6 Å². The van der Waals surface area contributed by atoms with Gasteiger partial charge in [-0.15, -0.1) is 0 Å². The first-order valence-electron chi connectivity index (χ1n) is 8.42. The van der Waals surface area contributed by atoms with E-state index in [1.165, 1.54) is 18.2 Å². The average Bonchev–Trinajstić information content (AvgIpc) is 2.60. The maximum absolute atomic E-state index is 12.5. The molecule has 8 heteroatoms. The zero-order valence-corrected chi connectivity index (χ0v) is 16.4. The Morgan fingerprint density at radius 2 is 1.79 bits per heavy atom. The number of benzene rings is 2. The van der Waals surface area contributed by atoms with Gasteiger partial charge in [0, 0.05) is 17.0 Å². The molecule has 0 aliphatic carbocycles. The summed E-state index contributed by atoms with van der Waals surface area (Å²) in [7, 11) is -3.56. The van der Waals surface area contributed by atoms with Crippen molar-refractivity contribution in [1.82, 2.24) is 0 Å². The Morgan fingerprint density at radius 1 is 1.11 bits per heavy atom. The molecule has 0 radical (unpaired) electrons. The number of ether oxygens (including phenoxy) is 1. The number of rotatable bonds is 5. The highest BCUT2D eigenvalue weighted by atomic mass is 32.2. The lowest BCUT2D eigenvalue weighted by Crippen LogP contribution is -2.15. The highest BCUT2D eigenvalue weighted by molar-refractivity contribution is 7.92. The molecule has 0 aliphatic rings. The Balaban J connectivity index is 1.90. The Labute approximate surface area is 162 Å². The molecule has 146 valence electrons. The van der Waals surface area contributed by atoms with E-state index in [-0.39, 0.29) is 17.9 Å². The number of carbonyl (C=O) groups excluding carboxylic acids is 1. The van der Waals surface area contributed by atoms with Gasteiger partial charge in [-0.3, -0.25) is 4.72 Å². The van der Waals surface area contributed by atoms with Gasteiger partial charge in [0.25, 0.3) is 0 Å². The first-order valence-corrected chi connectivity index (χ1v) is 10.3. The molecule has 0 saturated heterocycles. The molecule has 0 aliphatic heterocycles. The van der Waals surface area contributed by atoms with E-state index in [2.05, 4.69) is 4.72 Å². The van der Waals surface area contributed by atoms with Crippen molar-refractivity contribution >= 4 is 32.6 Å². The number of hydrogen-bond donors (Lipinski definition) is 1. The van der Waals surface area contributed by atoms with Gasteiger partial charge >= 0.3 is 11.6 Å². The highest BCUT2D eigenvalue weighted by Gasteiger charge is 2.16. The molecule has 3 rings (SSSR count). The van der Waals surface area contributed by atoms with Gasteiger partial charge in [-0.25, -0.2) is 18.0 Å². The maximum Gasteiger partial charge on any atom is 0.340 e. The van der Waals surface area contributed by atoms with Gasteiger partial charge in [0.05, 0.1) is 17.5 Å². The van der Waals surface area contributed by atoms with Gasteiger partial charge in [0.15, 0.2) is 0 Å². The number of anilines is 1. The number of aryl methyl sites for hydroxylation is 2. The minimum atomic E-state index is -3.56. The molecule has 0 saturated carbocycles. The predicted octanol–water partition coefficient (Wildman–Crippen LogP) is 3.14. The summed E-state index contributed by atoms with van der Waals surface area (Å²) >= 11 is 0. The van der Waals surface area contributed by atoms with E-state index in [1.54, 1.807) is 18.2 Å². The van der Waals surface area contributed by atoms with Crippen molar-refractivity contribution in [3.8, 4) is 0 Å². The van der Waals surface area contributed by atoms with Crippen LogP contribution in [0.25, 0.3) is 11.0 Å². The molecule has 2 aromatic carbocycles. The van der Waals surface area contributed by atoms with Crippen molar-refractivity contribution < 1.29 is 22.4 Å². The fourth-order valence-corrected chi connectivity index (χ4v) is 3.35. The summed E-state index contributed by atoms with van der Waals surface area (Å²) in [4.78, 5) is 24.4. The van der Waals surface area contributed by atoms with Gasteiger partial charge in [0.2, 0.25) is 10.0 Å². The van der Waals surface area contributed by atoms with Crippen molar-refractivity contribution in [2.24, 2.45) is 0 Å². The summed E-state index contributed by atoms with van der Waals surface area (Å²) in [6, 6.07) is 11.1. The number of fused-ring (bicyclic) bond motifs is 1. The van der Waals surface area contributed by atoms with Crippen molar-refractivity contribution in [1.29, 1.82) is 0 Å².